The van der Waals surface area contributed by atoms with Crippen LogP contribution < -0.4 is 0 Å². The predicted octanol–water partition coefficient (Wildman–Crippen LogP) is 4.29. The Hall–Kier alpha value is -2.11. The molecule has 102 valence electrons. The lowest BCUT2D eigenvalue weighted by atomic mass is 10.1. The van der Waals surface area contributed by atoms with Crippen LogP contribution in [0.1, 0.15) is 5.76 Å². The lowest BCUT2D eigenvalue weighted by molar-refractivity contribution is -0.384. The Morgan fingerprint density at radius 3 is 2.70 bits per heavy atom. The van der Waals surface area contributed by atoms with Crippen LogP contribution in [0.4, 0.5) is 5.69 Å². The van der Waals surface area contributed by atoms with Gasteiger partial charge in [0.25, 0.3) is 5.69 Å². The minimum Gasteiger partial charge on any atom is -0.457 e. The third kappa shape index (κ3) is 3.26. The van der Waals surface area contributed by atoms with Crippen LogP contribution in [0.15, 0.2) is 40.8 Å². The Balaban J connectivity index is 2.35. The largest absolute Gasteiger partial charge is 0.457 e. The SMILES string of the molecule is O=C(Cl)C=Cc1ccc(-c2ccc(Cl)c([N+](=O)[O-])c2)o1. The Bertz CT molecular complexity index is 706. The van der Waals surface area contributed by atoms with Crippen LogP contribution in [-0.2, 0) is 4.79 Å². The molecule has 0 aliphatic heterocycles. The van der Waals surface area contributed by atoms with Crippen molar-refractivity contribution < 1.29 is 14.1 Å². The Labute approximate surface area is 123 Å². The van der Waals surface area contributed by atoms with Gasteiger partial charge in [-0.1, -0.05) is 11.6 Å². The molecule has 0 radical (unpaired) electrons. The molecule has 0 amide bonds. The average molecular weight is 312 g/mol. The zero-order valence-corrected chi connectivity index (χ0v) is 11.4. The van der Waals surface area contributed by atoms with Crippen LogP contribution in [0.2, 0.25) is 5.02 Å². The third-order valence-electron chi connectivity index (χ3n) is 2.43. The highest BCUT2D eigenvalue weighted by Gasteiger charge is 2.14. The fourth-order valence-electron chi connectivity index (χ4n) is 1.55. The lowest BCUT2D eigenvalue weighted by Crippen LogP contribution is -1.89. The van der Waals surface area contributed by atoms with E-state index in [4.69, 9.17) is 27.6 Å². The van der Waals surface area contributed by atoms with Crippen molar-refractivity contribution in [2.24, 2.45) is 0 Å². The maximum atomic E-state index is 10.8. The van der Waals surface area contributed by atoms with Gasteiger partial charge in [0.05, 0.1) is 4.92 Å². The van der Waals surface area contributed by atoms with E-state index in [2.05, 4.69) is 0 Å². The molecule has 5 nitrogen and oxygen atoms in total. The molecule has 0 N–H and O–H groups in total. The molecule has 0 unspecified atom stereocenters. The van der Waals surface area contributed by atoms with E-state index in [1.807, 2.05) is 0 Å². The first kappa shape index (κ1) is 14.3. The van der Waals surface area contributed by atoms with Crippen molar-refractivity contribution in [3.05, 3.63) is 57.3 Å². The Morgan fingerprint density at radius 2 is 2.05 bits per heavy atom. The fourth-order valence-corrected chi connectivity index (χ4v) is 1.80. The molecule has 7 heteroatoms. The summed E-state index contributed by atoms with van der Waals surface area (Å²) in [5.41, 5.74) is 0.312. The van der Waals surface area contributed by atoms with E-state index in [1.54, 1.807) is 18.2 Å². The van der Waals surface area contributed by atoms with E-state index in [-0.39, 0.29) is 10.7 Å². The van der Waals surface area contributed by atoms with E-state index in [1.165, 1.54) is 18.2 Å². The summed E-state index contributed by atoms with van der Waals surface area (Å²) in [5.74, 6) is 0.832. The molecule has 2 aromatic rings. The number of hydrogen-bond acceptors (Lipinski definition) is 4. The van der Waals surface area contributed by atoms with Crippen molar-refractivity contribution in [3.63, 3.8) is 0 Å². The van der Waals surface area contributed by atoms with Gasteiger partial charge < -0.3 is 4.42 Å². The van der Waals surface area contributed by atoms with Crippen LogP contribution in [0, 0.1) is 10.1 Å². The molecule has 0 fully saturated rings. The summed E-state index contributed by atoms with van der Waals surface area (Å²) < 4.78 is 5.43. The lowest BCUT2D eigenvalue weighted by Gasteiger charge is -1.99. The van der Waals surface area contributed by atoms with Crippen molar-refractivity contribution in [3.8, 4) is 11.3 Å². The average Bonchev–Trinajstić information content (AvgIpc) is 2.85. The second-order valence-corrected chi connectivity index (χ2v) is 4.54. The van der Waals surface area contributed by atoms with Gasteiger partial charge in [0.15, 0.2) is 0 Å². The van der Waals surface area contributed by atoms with Crippen LogP contribution in [0.5, 0.6) is 0 Å². The molecule has 1 heterocycles. The number of benzene rings is 1. The van der Waals surface area contributed by atoms with Gasteiger partial charge >= 0.3 is 0 Å². The molecule has 0 bridgehead atoms. The quantitative estimate of drug-likeness (QED) is 0.365. The molecule has 0 atom stereocenters. The summed E-state index contributed by atoms with van der Waals surface area (Å²) in [6, 6.07) is 7.60. The number of halogens is 2. The summed E-state index contributed by atoms with van der Waals surface area (Å²) in [6.45, 7) is 0. The smallest absolute Gasteiger partial charge is 0.288 e. The van der Waals surface area contributed by atoms with Gasteiger partial charge in [0.2, 0.25) is 5.24 Å². The van der Waals surface area contributed by atoms with Crippen LogP contribution in [-0.4, -0.2) is 10.2 Å². The molecule has 0 aliphatic carbocycles. The highest BCUT2D eigenvalue weighted by atomic mass is 35.5. The van der Waals surface area contributed by atoms with Crippen LogP contribution >= 0.6 is 23.2 Å². The number of carbonyl (C=O) groups excluding carboxylic acids is 1. The summed E-state index contributed by atoms with van der Waals surface area (Å²) >= 11 is 10.9. The van der Waals surface area contributed by atoms with E-state index < -0.39 is 10.2 Å². The molecule has 1 aromatic carbocycles. The molecule has 0 aliphatic rings. The van der Waals surface area contributed by atoms with E-state index in [0.717, 1.165) is 6.08 Å². The van der Waals surface area contributed by atoms with Gasteiger partial charge in [0.1, 0.15) is 16.5 Å². The minimum absolute atomic E-state index is 0.0539. The Morgan fingerprint density at radius 1 is 1.30 bits per heavy atom. The first-order valence-corrected chi connectivity index (χ1v) is 6.14. The first-order valence-electron chi connectivity index (χ1n) is 5.39. The van der Waals surface area contributed by atoms with Crippen molar-refractivity contribution in [1.29, 1.82) is 0 Å². The van der Waals surface area contributed by atoms with Crippen molar-refractivity contribution >= 4 is 40.2 Å². The highest BCUT2D eigenvalue weighted by molar-refractivity contribution is 6.66. The number of nitro groups is 1. The molecule has 20 heavy (non-hydrogen) atoms. The third-order valence-corrected chi connectivity index (χ3v) is 2.88. The van der Waals surface area contributed by atoms with E-state index >= 15 is 0 Å². The van der Waals surface area contributed by atoms with Gasteiger partial charge in [-0.2, -0.15) is 0 Å². The van der Waals surface area contributed by atoms with Crippen molar-refractivity contribution in [2.45, 2.75) is 0 Å². The normalized spacial score (nSPS) is 10.9. The van der Waals surface area contributed by atoms with Crippen molar-refractivity contribution in [2.75, 3.05) is 0 Å². The minimum atomic E-state index is -0.620. The second-order valence-electron chi connectivity index (χ2n) is 3.76. The number of nitro benzene ring substituents is 1. The number of nitrogens with zero attached hydrogens (tertiary/aromatic N) is 1. The molecule has 0 saturated heterocycles. The molecular weight excluding hydrogens is 305 g/mol. The number of hydrogen-bond donors (Lipinski definition) is 0. The standard InChI is InChI=1S/C13H7Cl2NO4/c14-10-4-1-8(7-11(10)16(18)19)12-5-2-9(20-12)3-6-13(15)17/h1-7H. The maximum Gasteiger partial charge on any atom is 0.288 e. The van der Waals surface area contributed by atoms with Gasteiger partial charge in [0, 0.05) is 17.7 Å². The highest BCUT2D eigenvalue weighted by Crippen LogP contribution is 2.31. The summed E-state index contributed by atoms with van der Waals surface area (Å²) in [7, 11) is 0. The summed E-state index contributed by atoms with van der Waals surface area (Å²) in [5, 5.41) is 10.2. The summed E-state index contributed by atoms with van der Waals surface area (Å²) in [6.07, 6.45) is 2.55. The number of rotatable bonds is 4. The zero-order chi connectivity index (χ0) is 14.7. The molecule has 0 spiro atoms. The van der Waals surface area contributed by atoms with Gasteiger partial charge in [-0.3, -0.25) is 14.9 Å². The molecule has 0 saturated carbocycles. The summed E-state index contributed by atoms with van der Waals surface area (Å²) in [4.78, 5) is 20.8. The first-order chi connectivity index (χ1) is 9.47. The topological polar surface area (TPSA) is 73.3 Å². The van der Waals surface area contributed by atoms with Crippen LogP contribution in [0.25, 0.3) is 17.4 Å². The molecule has 2 rings (SSSR count). The van der Waals surface area contributed by atoms with Gasteiger partial charge in [-0.15, -0.1) is 0 Å². The number of carbonyl (C=O) groups is 1. The molecular formula is C13H7Cl2NO4. The number of allylic oxidation sites excluding steroid dienone is 1. The fraction of sp³-hybridized carbons (Fsp3) is 0. The maximum absolute atomic E-state index is 10.8. The second kappa shape index (κ2) is 5.90. The monoisotopic (exact) mass is 311 g/mol. The van der Waals surface area contributed by atoms with Crippen molar-refractivity contribution in [1.82, 2.24) is 0 Å². The van der Waals surface area contributed by atoms with Gasteiger partial charge in [-0.25, -0.2) is 0 Å². The van der Waals surface area contributed by atoms with E-state index in [9.17, 15) is 14.9 Å². The molecule has 1 aromatic heterocycles. The van der Waals surface area contributed by atoms with Crippen LogP contribution in [0.3, 0.4) is 0 Å². The van der Waals surface area contributed by atoms with Gasteiger partial charge in [-0.05, 0) is 41.9 Å². The van der Waals surface area contributed by atoms with E-state index in [0.29, 0.717) is 17.1 Å². The number of furan rings is 1. The zero-order valence-electron chi connectivity index (χ0n) is 9.88. The Kier molecular flexibility index (Phi) is 4.22. The predicted molar refractivity (Wildman–Crippen MR) is 75.7 cm³/mol.